The van der Waals surface area contributed by atoms with Crippen LogP contribution >= 0.6 is 0 Å². The van der Waals surface area contributed by atoms with Crippen molar-refractivity contribution < 1.29 is 28.7 Å². The standard InChI is InChI=1S/C26H30N2O7/c1-16(2)15-35-26(30)25-17(3)27(14-18-7-6-8-20(9-18)28(31)32)24(29)13-23(25)19-10-21(33-4)12-22(11-19)34-5/h6-12,16,23H,13-15H2,1-5H3. The lowest BCUT2D eigenvalue weighted by Gasteiger charge is -2.34. The summed E-state index contributed by atoms with van der Waals surface area (Å²) < 4.78 is 16.3. The Bertz CT molecular complexity index is 1130. The molecule has 35 heavy (non-hydrogen) atoms. The van der Waals surface area contributed by atoms with Crippen molar-refractivity contribution in [3.8, 4) is 11.5 Å². The Morgan fingerprint density at radius 3 is 2.37 bits per heavy atom. The van der Waals surface area contributed by atoms with Crippen molar-refractivity contribution in [1.82, 2.24) is 4.90 Å². The number of benzene rings is 2. The van der Waals surface area contributed by atoms with Gasteiger partial charge < -0.3 is 19.1 Å². The molecule has 3 rings (SSSR count). The molecule has 0 saturated carbocycles. The number of non-ortho nitro benzene ring substituents is 1. The normalized spacial score (nSPS) is 15.9. The van der Waals surface area contributed by atoms with Gasteiger partial charge in [0.2, 0.25) is 5.91 Å². The second-order valence-corrected chi connectivity index (χ2v) is 8.80. The molecule has 0 fully saturated rings. The Kier molecular flexibility index (Phi) is 8.11. The fourth-order valence-corrected chi connectivity index (χ4v) is 4.05. The minimum Gasteiger partial charge on any atom is -0.497 e. The van der Waals surface area contributed by atoms with E-state index in [-0.39, 0.29) is 37.1 Å². The Hall–Kier alpha value is -3.88. The van der Waals surface area contributed by atoms with Crippen LogP contribution in [0.1, 0.15) is 44.2 Å². The largest absolute Gasteiger partial charge is 0.497 e. The molecule has 1 atom stereocenters. The first kappa shape index (κ1) is 25.7. The Balaban J connectivity index is 2.07. The Morgan fingerprint density at radius 1 is 1.14 bits per heavy atom. The van der Waals surface area contributed by atoms with Crippen LogP contribution in [0.15, 0.2) is 53.7 Å². The highest BCUT2D eigenvalue weighted by Gasteiger charge is 2.37. The van der Waals surface area contributed by atoms with Crippen LogP contribution < -0.4 is 9.47 Å². The third-order valence-electron chi connectivity index (χ3n) is 5.83. The van der Waals surface area contributed by atoms with Crippen molar-refractivity contribution in [2.75, 3.05) is 20.8 Å². The fourth-order valence-electron chi connectivity index (χ4n) is 4.05. The molecule has 1 amide bonds. The topological polar surface area (TPSA) is 108 Å². The van der Waals surface area contributed by atoms with Gasteiger partial charge in [0, 0.05) is 36.2 Å². The zero-order valence-electron chi connectivity index (χ0n) is 20.6. The summed E-state index contributed by atoms with van der Waals surface area (Å²) in [5.74, 6) is -0.0496. The monoisotopic (exact) mass is 482 g/mol. The summed E-state index contributed by atoms with van der Waals surface area (Å²) in [7, 11) is 3.06. The molecule has 0 aliphatic carbocycles. The van der Waals surface area contributed by atoms with E-state index in [1.165, 1.54) is 31.3 Å². The molecule has 1 aliphatic rings. The number of hydrogen-bond acceptors (Lipinski definition) is 7. The number of ether oxygens (including phenoxy) is 3. The summed E-state index contributed by atoms with van der Waals surface area (Å²) in [6, 6.07) is 11.4. The van der Waals surface area contributed by atoms with Gasteiger partial charge in [0.25, 0.3) is 5.69 Å². The number of carbonyl (C=O) groups is 2. The summed E-state index contributed by atoms with van der Waals surface area (Å²) in [6.45, 7) is 5.92. The first-order valence-electron chi connectivity index (χ1n) is 11.3. The van der Waals surface area contributed by atoms with E-state index in [0.29, 0.717) is 33.9 Å². The van der Waals surface area contributed by atoms with E-state index < -0.39 is 16.8 Å². The van der Waals surface area contributed by atoms with Gasteiger partial charge in [0.15, 0.2) is 0 Å². The lowest BCUT2D eigenvalue weighted by atomic mass is 9.83. The summed E-state index contributed by atoms with van der Waals surface area (Å²) >= 11 is 0. The third kappa shape index (κ3) is 5.98. The van der Waals surface area contributed by atoms with Crippen molar-refractivity contribution in [2.45, 2.75) is 39.7 Å². The van der Waals surface area contributed by atoms with Gasteiger partial charge in [-0.2, -0.15) is 0 Å². The molecule has 0 radical (unpaired) electrons. The van der Waals surface area contributed by atoms with Crippen LogP contribution in [0.4, 0.5) is 5.69 Å². The molecule has 0 spiro atoms. The molecular weight excluding hydrogens is 452 g/mol. The molecule has 9 heteroatoms. The highest BCUT2D eigenvalue weighted by atomic mass is 16.6. The molecule has 1 aliphatic heterocycles. The highest BCUT2D eigenvalue weighted by Crippen LogP contribution is 2.40. The smallest absolute Gasteiger partial charge is 0.336 e. The van der Waals surface area contributed by atoms with Crippen molar-refractivity contribution in [3.63, 3.8) is 0 Å². The minimum atomic E-state index is -0.562. The number of allylic oxidation sites excluding steroid dienone is 1. The number of esters is 1. The number of carbonyl (C=O) groups excluding carboxylic acids is 2. The van der Waals surface area contributed by atoms with Crippen LogP contribution in [0, 0.1) is 16.0 Å². The predicted octanol–water partition coefficient (Wildman–Crippen LogP) is 4.60. The van der Waals surface area contributed by atoms with Crippen LogP contribution in [0.3, 0.4) is 0 Å². The van der Waals surface area contributed by atoms with E-state index in [4.69, 9.17) is 14.2 Å². The van der Waals surface area contributed by atoms with Gasteiger partial charge in [-0.1, -0.05) is 26.0 Å². The van der Waals surface area contributed by atoms with E-state index in [2.05, 4.69) is 0 Å². The van der Waals surface area contributed by atoms with Crippen LogP contribution in [0.2, 0.25) is 0 Å². The van der Waals surface area contributed by atoms with E-state index in [9.17, 15) is 19.7 Å². The number of nitro benzene ring substituents is 1. The molecule has 0 saturated heterocycles. The van der Waals surface area contributed by atoms with Gasteiger partial charge in [0.05, 0.1) is 37.9 Å². The summed E-state index contributed by atoms with van der Waals surface area (Å²) in [6.07, 6.45) is 0.0225. The summed E-state index contributed by atoms with van der Waals surface area (Å²) in [4.78, 5) is 38.8. The molecular formula is C26H30N2O7. The van der Waals surface area contributed by atoms with E-state index in [1.807, 2.05) is 13.8 Å². The molecule has 0 bridgehead atoms. The van der Waals surface area contributed by atoms with Crippen molar-refractivity contribution in [2.24, 2.45) is 5.92 Å². The number of amides is 1. The first-order chi connectivity index (χ1) is 16.6. The third-order valence-corrected chi connectivity index (χ3v) is 5.83. The van der Waals surface area contributed by atoms with Crippen molar-refractivity contribution in [3.05, 3.63) is 75.0 Å². The van der Waals surface area contributed by atoms with Crippen LogP contribution in [-0.4, -0.2) is 42.5 Å². The molecule has 186 valence electrons. The van der Waals surface area contributed by atoms with Gasteiger partial charge in [-0.15, -0.1) is 0 Å². The zero-order chi connectivity index (χ0) is 25.7. The number of nitro groups is 1. The van der Waals surface area contributed by atoms with E-state index in [0.717, 1.165) is 0 Å². The second kappa shape index (κ2) is 11.0. The molecule has 1 unspecified atom stereocenters. The Morgan fingerprint density at radius 2 is 1.80 bits per heavy atom. The van der Waals surface area contributed by atoms with Gasteiger partial charge in [0.1, 0.15) is 11.5 Å². The number of hydrogen-bond donors (Lipinski definition) is 0. The van der Waals surface area contributed by atoms with Crippen LogP contribution in [0.25, 0.3) is 0 Å². The van der Waals surface area contributed by atoms with E-state index >= 15 is 0 Å². The average molecular weight is 483 g/mol. The van der Waals surface area contributed by atoms with Crippen LogP contribution in [-0.2, 0) is 20.9 Å². The lowest BCUT2D eigenvalue weighted by molar-refractivity contribution is -0.384. The quantitative estimate of drug-likeness (QED) is 0.292. The maximum absolute atomic E-state index is 13.3. The average Bonchev–Trinajstić information content (AvgIpc) is 2.84. The van der Waals surface area contributed by atoms with Gasteiger partial charge in [-0.05, 0) is 36.1 Å². The van der Waals surface area contributed by atoms with E-state index in [1.54, 1.807) is 37.3 Å². The molecule has 1 heterocycles. The number of nitrogens with zero attached hydrogens (tertiary/aromatic N) is 2. The highest BCUT2D eigenvalue weighted by molar-refractivity contribution is 5.96. The van der Waals surface area contributed by atoms with Gasteiger partial charge >= 0.3 is 5.97 Å². The van der Waals surface area contributed by atoms with Crippen molar-refractivity contribution in [1.29, 1.82) is 0 Å². The second-order valence-electron chi connectivity index (χ2n) is 8.80. The first-order valence-corrected chi connectivity index (χ1v) is 11.3. The summed E-state index contributed by atoms with van der Waals surface area (Å²) in [5.41, 5.74) is 2.04. The maximum Gasteiger partial charge on any atom is 0.336 e. The molecule has 9 nitrogen and oxygen atoms in total. The molecule has 2 aromatic rings. The van der Waals surface area contributed by atoms with Crippen LogP contribution in [0.5, 0.6) is 11.5 Å². The number of rotatable bonds is 9. The summed E-state index contributed by atoms with van der Waals surface area (Å²) in [5, 5.41) is 11.2. The van der Waals surface area contributed by atoms with Gasteiger partial charge in [-0.25, -0.2) is 4.79 Å². The Labute approximate surface area is 204 Å². The predicted molar refractivity (Wildman–Crippen MR) is 129 cm³/mol. The molecule has 2 aromatic carbocycles. The molecule has 0 aromatic heterocycles. The SMILES string of the molecule is COc1cc(OC)cc(C2CC(=O)N(Cc3cccc([N+](=O)[O-])c3)C(C)=C2C(=O)OCC(C)C)c1. The lowest BCUT2D eigenvalue weighted by Crippen LogP contribution is -2.38. The fraction of sp³-hybridized carbons (Fsp3) is 0.385. The molecule has 0 N–H and O–H groups in total. The zero-order valence-corrected chi connectivity index (χ0v) is 20.6. The van der Waals surface area contributed by atoms with Gasteiger partial charge in [-0.3, -0.25) is 14.9 Å². The number of methoxy groups -OCH3 is 2. The van der Waals surface area contributed by atoms with Crippen molar-refractivity contribution >= 4 is 17.6 Å². The maximum atomic E-state index is 13.3. The minimum absolute atomic E-state index is 0.0225.